The second-order valence-electron chi connectivity index (χ2n) is 5.77. The summed E-state index contributed by atoms with van der Waals surface area (Å²) in [5.74, 6) is 0. The van der Waals surface area contributed by atoms with Crippen molar-refractivity contribution in [3.05, 3.63) is 101 Å². The van der Waals surface area contributed by atoms with Crippen LogP contribution in [0, 0.1) is 0 Å². The van der Waals surface area contributed by atoms with Crippen LogP contribution >= 0.6 is 11.6 Å². The quantitative estimate of drug-likeness (QED) is 0.583. The molecule has 0 radical (unpaired) electrons. The van der Waals surface area contributed by atoms with Crippen molar-refractivity contribution in [2.75, 3.05) is 6.26 Å². The van der Waals surface area contributed by atoms with Crippen molar-refractivity contribution in [2.24, 2.45) is 0 Å². The zero-order valence-corrected chi connectivity index (χ0v) is 15.3. The van der Waals surface area contributed by atoms with Gasteiger partial charge in [-0.2, -0.15) is 0 Å². The Balaban J connectivity index is 2.10. The molecule has 0 atom stereocenters. The third-order valence-electron chi connectivity index (χ3n) is 3.86. The number of hydrogen-bond donors (Lipinski definition) is 0. The van der Waals surface area contributed by atoms with Crippen molar-refractivity contribution < 1.29 is 8.42 Å². The van der Waals surface area contributed by atoms with Crippen molar-refractivity contribution in [3.8, 4) is 0 Å². The van der Waals surface area contributed by atoms with E-state index in [1.54, 1.807) is 12.1 Å². The van der Waals surface area contributed by atoms with Crippen LogP contribution in [0.2, 0.25) is 5.02 Å². The van der Waals surface area contributed by atoms with Crippen LogP contribution in [-0.2, 0) is 9.84 Å². The van der Waals surface area contributed by atoms with Crippen molar-refractivity contribution in [3.63, 3.8) is 0 Å². The molecule has 3 aromatic carbocycles. The number of sulfone groups is 1. The molecule has 0 aliphatic rings. The zero-order valence-electron chi connectivity index (χ0n) is 13.7. The van der Waals surface area contributed by atoms with Gasteiger partial charge in [-0.25, -0.2) is 8.42 Å². The van der Waals surface area contributed by atoms with Crippen molar-refractivity contribution in [1.29, 1.82) is 0 Å². The van der Waals surface area contributed by atoms with E-state index in [0.717, 1.165) is 22.3 Å². The maximum Gasteiger partial charge on any atom is 0.175 e. The molecule has 25 heavy (non-hydrogen) atoms. The Morgan fingerprint density at radius 1 is 0.800 bits per heavy atom. The van der Waals surface area contributed by atoms with E-state index in [-0.39, 0.29) is 0 Å². The summed E-state index contributed by atoms with van der Waals surface area (Å²) < 4.78 is 23.4. The van der Waals surface area contributed by atoms with Crippen LogP contribution in [0.3, 0.4) is 0 Å². The first-order valence-corrected chi connectivity index (χ1v) is 10.0. The minimum atomic E-state index is -3.21. The Morgan fingerprint density at radius 2 is 1.36 bits per heavy atom. The summed E-state index contributed by atoms with van der Waals surface area (Å²) in [4.78, 5) is 0.315. The minimum Gasteiger partial charge on any atom is -0.224 e. The van der Waals surface area contributed by atoms with E-state index >= 15 is 0 Å². The van der Waals surface area contributed by atoms with E-state index in [1.807, 2.05) is 66.7 Å². The van der Waals surface area contributed by atoms with Crippen molar-refractivity contribution in [1.82, 2.24) is 0 Å². The Hall–Kier alpha value is -2.36. The summed E-state index contributed by atoms with van der Waals surface area (Å²) in [5, 5.41) is 0.691. The highest BCUT2D eigenvalue weighted by atomic mass is 35.5. The summed E-state index contributed by atoms with van der Waals surface area (Å²) in [6, 6.07) is 24.6. The largest absolute Gasteiger partial charge is 0.224 e. The molecular formula is C21H17ClO2S. The molecule has 0 N–H and O–H groups in total. The molecule has 0 aliphatic carbocycles. The highest BCUT2D eigenvalue weighted by Gasteiger charge is 2.09. The monoisotopic (exact) mass is 368 g/mol. The highest BCUT2D eigenvalue weighted by Crippen LogP contribution is 2.27. The lowest BCUT2D eigenvalue weighted by Crippen LogP contribution is -1.97. The van der Waals surface area contributed by atoms with Crippen LogP contribution in [-0.4, -0.2) is 14.7 Å². The standard InChI is InChI=1S/C21H17ClO2S/c1-25(23,24)20-13-9-18(10-14-20)21(17-5-3-2-4-6-17)15-16-7-11-19(22)12-8-16/h2-15H,1H3/b21-15+. The Kier molecular flexibility index (Phi) is 5.07. The number of halogens is 1. The number of rotatable bonds is 4. The summed E-state index contributed by atoms with van der Waals surface area (Å²) >= 11 is 5.96. The Labute approximate surface area is 153 Å². The first-order chi connectivity index (χ1) is 11.9. The van der Waals surface area contributed by atoms with E-state index in [4.69, 9.17) is 11.6 Å². The second-order valence-corrected chi connectivity index (χ2v) is 8.22. The minimum absolute atomic E-state index is 0.315. The van der Waals surface area contributed by atoms with Gasteiger partial charge >= 0.3 is 0 Å². The first-order valence-electron chi connectivity index (χ1n) is 7.77. The maximum absolute atomic E-state index is 11.7. The van der Waals surface area contributed by atoms with Crippen LogP contribution in [0.15, 0.2) is 83.8 Å². The van der Waals surface area contributed by atoms with E-state index < -0.39 is 9.84 Å². The summed E-state index contributed by atoms with van der Waals surface area (Å²) in [7, 11) is -3.21. The molecule has 0 saturated heterocycles. The maximum atomic E-state index is 11.7. The Bertz CT molecular complexity index is 988. The second kappa shape index (κ2) is 7.26. The van der Waals surface area contributed by atoms with E-state index in [1.165, 1.54) is 6.26 Å². The lowest BCUT2D eigenvalue weighted by atomic mass is 9.96. The van der Waals surface area contributed by atoms with Gasteiger partial charge in [-0.1, -0.05) is 66.2 Å². The predicted molar refractivity (Wildman–Crippen MR) is 104 cm³/mol. The van der Waals surface area contributed by atoms with Gasteiger partial charge in [0.1, 0.15) is 0 Å². The van der Waals surface area contributed by atoms with Gasteiger partial charge in [-0.15, -0.1) is 0 Å². The fourth-order valence-corrected chi connectivity index (χ4v) is 3.31. The average Bonchev–Trinajstić information content (AvgIpc) is 2.61. The molecule has 0 unspecified atom stereocenters. The molecule has 4 heteroatoms. The van der Waals surface area contributed by atoms with Gasteiger partial charge < -0.3 is 0 Å². The smallest absolute Gasteiger partial charge is 0.175 e. The Morgan fingerprint density at radius 3 is 1.92 bits per heavy atom. The fourth-order valence-electron chi connectivity index (χ4n) is 2.56. The predicted octanol–water partition coefficient (Wildman–Crippen LogP) is 5.33. The van der Waals surface area contributed by atoms with Crippen molar-refractivity contribution >= 4 is 33.1 Å². The fraction of sp³-hybridized carbons (Fsp3) is 0.0476. The average molecular weight is 369 g/mol. The third-order valence-corrected chi connectivity index (χ3v) is 5.24. The number of hydrogen-bond acceptors (Lipinski definition) is 2. The molecular weight excluding hydrogens is 352 g/mol. The zero-order chi connectivity index (χ0) is 17.9. The van der Waals surface area contributed by atoms with Gasteiger partial charge in [-0.3, -0.25) is 0 Å². The normalized spacial score (nSPS) is 12.2. The summed E-state index contributed by atoms with van der Waals surface area (Å²) in [6.45, 7) is 0. The molecule has 0 saturated carbocycles. The van der Waals surface area contributed by atoms with Crippen LogP contribution in [0.5, 0.6) is 0 Å². The van der Waals surface area contributed by atoms with Gasteiger partial charge in [0, 0.05) is 11.3 Å². The van der Waals surface area contributed by atoms with Gasteiger partial charge in [0.15, 0.2) is 9.84 Å². The molecule has 3 rings (SSSR count). The van der Waals surface area contributed by atoms with Crippen LogP contribution in [0.1, 0.15) is 16.7 Å². The first kappa shape index (κ1) is 17.5. The molecule has 0 heterocycles. The SMILES string of the molecule is CS(=O)(=O)c1ccc(/C(=C/c2ccc(Cl)cc2)c2ccccc2)cc1. The molecule has 2 nitrogen and oxygen atoms in total. The lowest BCUT2D eigenvalue weighted by molar-refractivity contribution is 0.602. The molecule has 0 bridgehead atoms. The molecule has 0 aromatic heterocycles. The van der Waals surface area contributed by atoms with E-state index in [2.05, 4.69) is 6.08 Å². The van der Waals surface area contributed by atoms with E-state index in [9.17, 15) is 8.42 Å². The van der Waals surface area contributed by atoms with Crippen LogP contribution in [0.25, 0.3) is 11.6 Å². The van der Waals surface area contributed by atoms with Gasteiger partial charge in [0.05, 0.1) is 4.90 Å². The molecule has 0 aliphatic heterocycles. The summed E-state index contributed by atoms with van der Waals surface area (Å²) in [5.41, 5.74) is 4.05. The topological polar surface area (TPSA) is 34.1 Å². The molecule has 0 fully saturated rings. The van der Waals surface area contributed by atoms with Gasteiger partial charge in [-0.05, 0) is 52.6 Å². The molecule has 0 amide bonds. The highest BCUT2D eigenvalue weighted by molar-refractivity contribution is 7.90. The molecule has 0 spiro atoms. The lowest BCUT2D eigenvalue weighted by Gasteiger charge is -2.10. The van der Waals surface area contributed by atoms with Crippen LogP contribution < -0.4 is 0 Å². The van der Waals surface area contributed by atoms with Gasteiger partial charge in [0.25, 0.3) is 0 Å². The van der Waals surface area contributed by atoms with Crippen molar-refractivity contribution in [2.45, 2.75) is 4.90 Å². The number of benzene rings is 3. The van der Waals surface area contributed by atoms with Gasteiger partial charge in [0.2, 0.25) is 0 Å². The third kappa shape index (κ3) is 4.38. The molecule has 3 aromatic rings. The summed E-state index contributed by atoms with van der Waals surface area (Å²) in [6.07, 6.45) is 3.28. The molecule has 126 valence electrons. The van der Waals surface area contributed by atoms with Crippen LogP contribution in [0.4, 0.5) is 0 Å². The van der Waals surface area contributed by atoms with E-state index in [0.29, 0.717) is 9.92 Å².